The van der Waals surface area contributed by atoms with Crippen molar-refractivity contribution in [2.45, 2.75) is 49.5 Å². The molecule has 2 heterocycles. The Kier molecular flexibility index (Phi) is 3.87. The molecule has 1 fully saturated rings. The van der Waals surface area contributed by atoms with Crippen molar-refractivity contribution in [3.05, 3.63) is 35.8 Å². The summed E-state index contributed by atoms with van der Waals surface area (Å²) in [5.41, 5.74) is 1.06. The number of carbonyl (C=O) groups is 2. The molecule has 1 saturated carbocycles. The lowest BCUT2D eigenvalue weighted by Crippen LogP contribution is -2.43. The summed E-state index contributed by atoms with van der Waals surface area (Å²) in [4.78, 5) is 30.7. The van der Waals surface area contributed by atoms with Crippen LogP contribution in [0, 0.1) is 0 Å². The highest BCUT2D eigenvalue weighted by Gasteiger charge is 2.44. The molecule has 1 aromatic rings. The third kappa shape index (κ3) is 2.74. The summed E-state index contributed by atoms with van der Waals surface area (Å²) < 4.78 is 25.9. The van der Waals surface area contributed by atoms with Gasteiger partial charge in [-0.3, -0.25) is 14.6 Å². The van der Waals surface area contributed by atoms with Gasteiger partial charge in [0.2, 0.25) is 5.91 Å². The molecule has 0 spiro atoms. The van der Waals surface area contributed by atoms with Crippen LogP contribution in [0.5, 0.6) is 0 Å². The van der Waals surface area contributed by atoms with Crippen molar-refractivity contribution in [2.75, 3.05) is 6.54 Å². The van der Waals surface area contributed by atoms with Gasteiger partial charge in [0.25, 0.3) is 15.9 Å². The fourth-order valence-corrected chi connectivity index (χ4v) is 4.91. The minimum atomic E-state index is -4.01. The van der Waals surface area contributed by atoms with Crippen LogP contribution in [-0.4, -0.2) is 47.0 Å². The highest BCUT2D eigenvalue weighted by molar-refractivity contribution is 7.90. The van der Waals surface area contributed by atoms with E-state index >= 15 is 0 Å². The summed E-state index contributed by atoms with van der Waals surface area (Å²) in [6.45, 7) is -0.455. The van der Waals surface area contributed by atoms with Gasteiger partial charge in [0.15, 0.2) is 0 Å². The molecule has 2 amide bonds. The molecule has 3 aliphatic rings. The average molecular weight is 361 g/mol. The van der Waals surface area contributed by atoms with Crippen molar-refractivity contribution < 1.29 is 18.0 Å². The standard InChI is InChI=1S/C17H19N3O4S/c21-16(20(13-6-7-13)12-4-2-1-3-5-12)11-19-17(22)14-8-9-18-10-15(14)25(19,23)24/h4,8-10,13H,1-3,5-7,11H2. The van der Waals surface area contributed by atoms with E-state index in [1.54, 1.807) is 4.90 Å². The molecule has 0 N–H and O–H groups in total. The zero-order valence-corrected chi connectivity index (χ0v) is 14.5. The molecule has 0 radical (unpaired) electrons. The van der Waals surface area contributed by atoms with Gasteiger partial charge in [0, 0.05) is 24.1 Å². The van der Waals surface area contributed by atoms with Gasteiger partial charge in [-0.1, -0.05) is 6.08 Å². The molecular formula is C17H19N3O4S. The smallest absolute Gasteiger partial charge is 0.269 e. The largest absolute Gasteiger partial charge is 0.312 e. The molecule has 0 unspecified atom stereocenters. The van der Waals surface area contributed by atoms with Gasteiger partial charge in [-0.15, -0.1) is 0 Å². The third-order valence-electron chi connectivity index (χ3n) is 4.85. The van der Waals surface area contributed by atoms with E-state index in [4.69, 9.17) is 0 Å². The van der Waals surface area contributed by atoms with Crippen molar-refractivity contribution in [1.82, 2.24) is 14.2 Å². The molecule has 0 aromatic carbocycles. The number of nitrogens with zero attached hydrogens (tertiary/aromatic N) is 3. The molecule has 1 aliphatic heterocycles. The Hall–Kier alpha value is -2.22. The number of hydrogen-bond acceptors (Lipinski definition) is 5. The Labute approximate surface area is 146 Å². The van der Waals surface area contributed by atoms with Crippen molar-refractivity contribution in [2.24, 2.45) is 0 Å². The van der Waals surface area contributed by atoms with Crippen LogP contribution in [0.25, 0.3) is 0 Å². The summed E-state index contributed by atoms with van der Waals surface area (Å²) in [7, 11) is -4.01. The lowest BCUT2D eigenvalue weighted by atomic mass is 10.0. The Morgan fingerprint density at radius 1 is 1.32 bits per heavy atom. The van der Waals surface area contributed by atoms with E-state index in [0.29, 0.717) is 4.31 Å². The number of fused-ring (bicyclic) bond motifs is 1. The number of sulfonamides is 1. The lowest BCUT2D eigenvalue weighted by Gasteiger charge is -2.29. The summed E-state index contributed by atoms with van der Waals surface area (Å²) in [5.74, 6) is -0.979. The van der Waals surface area contributed by atoms with E-state index in [1.165, 1.54) is 12.3 Å². The molecular weight excluding hydrogens is 342 g/mol. The van der Waals surface area contributed by atoms with E-state index in [2.05, 4.69) is 11.1 Å². The van der Waals surface area contributed by atoms with Crippen LogP contribution in [0.3, 0.4) is 0 Å². The van der Waals surface area contributed by atoms with Gasteiger partial charge in [-0.05, 0) is 44.6 Å². The van der Waals surface area contributed by atoms with Crippen molar-refractivity contribution in [3.8, 4) is 0 Å². The molecule has 8 heteroatoms. The lowest BCUT2D eigenvalue weighted by molar-refractivity contribution is -0.129. The molecule has 4 rings (SSSR count). The summed E-state index contributed by atoms with van der Waals surface area (Å²) in [6.07, 6.45) is 10.4. The number of carbonyl (C=O) groups excluding carboxylic acids is 2. The Balaban J connectivity index is 1.60. The van der Waals surface area contributed by atoms with Crippen LogP contribution in [0.2, 0.25) is 0 Å². The first kappa shape index (κ1) is 16.3. The number of amides is 2. The third-order valence-corrected chi connectivity index (χ3v) is 6.60. The molecule has 2 aliphatic carbocycles. The van der Waals surface area contributed by atoms with Crippen LogP contribution < -0.4 is 0 Å². The summed E-state index contributed by atoms with van der Waals surface area (Å²) in [6, 6.07) is 1.52. The summed E-state index contributed by atoms with van der Waals surface area (Å²) in [5, 5.41) is 0. The fourth-order valence-electron chi connectivity index (χ4n) is 3.45. The number of aromatic nitrogens is 1. The van der Waals surface area contributed by atoms with E-state index in [9.17, 15) is 18.0 Å². The van der Waals surface area contributed by atoms with Crippen LogP contribution >= 0.6 is 0 Å². The first-order valence-corrected chi connectivity index (χ1v) is 9.96. The number of allylic oxidation sites excluding steroid dienone is 2. The highest BCUT2D eigenvalue weighted by atomic mass is 32.2. The Bertz CT molecular complexity index is 874. The average Bonchev–Trinajstić information content (AvgIpc) is 3.42. The quantitative estimate of drug-likeness (QED) is 0.814. The van der Waals surface area contributed by atoms with Crippen LogP contribution in [0.15, 0.2) is 35.1 Å². The minimum absolute atomic E-state index is 0.0812. The molecule has 0 saturated heterocycles. The number of hydrogen-bond donors (Lipinski definition) is 0. The van der Waals surface area contributed by atoms with Gasteiger partial charge in [-0.2, -0.15) is 0 Å². The Morgan fingerprint density at radius 2 is 2.12 bits per heavy atom. The molecule has 0 bridgehead atoms. The van der Waals surface area contributed by atoms with Crippen LogP contribution in [0.4, 0.5) is 0 Å². The van der Waals surface area contributed by atoms with E-state index in [-0.39, 0.29) is 22.4 Å². The highest BCUT2D eigenvalue weighted by Crippen LogP contribution is 2.35. The van der Waals surface area contributed by atoms with E-state index in [0.717, 1.165) is 50.4 Å². The van der Waals surface area contributed by atoms with Crippen molar-refractivity contribution >= 4 is 21.8 Å². The fraction of sp³-hybridized carbons (Fsp3) is 0.471. The van der Waals surface area contributed by atoms with Gasteiger partial charge < -0.3 is 4.90 Å². The van der Waals surface area contributed by atoms with Gasteiger partial charge >= 0.3 is 0 Å². The Morgan fingerprint density at radius 3 is 2.76 bits per heavy atom. The second-order valence-electron chi connectivity index (χ2n) is 6.62. The molecule has 25 heavy (non-hydrogen) atoms. The predicted molar refractivity (Wildman–Crippen MR) is 88.9 cm³/mol. The SMILES string of the molecule is O=C(CN1C(=O)c2ccncc2S1(=O)=O)N(C1=CCCCC1)C1CC1. The second kappa shape index (κ2) is 5.94. The zero-order valence-electron chi connectivity index (χ0n) is 13.7. The normalized spacial score (nSPS) is 21.7. The molecule has 1 aromatic heterocycles. The maximum absolute atomic E-state index is 12.9. The molecule has 7 nitrogen and oxygen atoms in total. The number of pyridine rings is 1. The molecule has 0 atom stereocenters. The summed E-state index contributed by atoms with van der Waals surface area (Å²) >= 11 is 0. The van der Waals surface area contributed by atoms with Crippen LogP contribution in [-0.2, 0) is 14.8 Å². The topological polar surface area (TPSA) is 87.6 Å². The monoisotopic (exact) mass is 361 g/mol. The maximum Gasteiger partial charge on any atom is 0.269 e. The van der Waals surface area contributed by atoms with E-state index in [1.807, 2.05) is 0 Å². The first-order chi connectivity index (χ1) is 12.0. The van der Waals surface area contributed by atoms with Crippen molar-refractivity contribution in [1.29, 1.82) is 0 Å². The van der Waals surface area contributed by atoms with Crippen molar-refractivity contribution in [3.63, 3.8) is 0 Å². The van der Waals surface area contributed by atoms with Gasteiger partial charge in [0.05, 0.1) is 5.56 Å². The first-order valence-electron chi connectivity index (χ1n) is 8.52. The van der Waals surface area contributed by atoms with Gasteiger partial charge in [0.1, 0.15) is 11.4 Å². The minimum Gasteiger partial charge on any atom is -0.312 e. The maximum atomic E-state index is 12.9. The number of rotatable bonds is 4. The molecule has 132 valence electrons. The van der Waals surface area contributed by atoms with Gasteiger partial charge in [-0.25, -0.2) is 12.7 Å². The van der Waals surface area contributed by atoms with E-state index < -0.39 is 22.5 Å². The zero-order chi connectivity index (χ0) is 17.6. The van der Waals surface area contributed by atoms with Crippen LogP contribution in [0.1, 0.15) is 48.9 Å². The second-order valence-corrected chi connectivity index (χ2v) is 8.46. The predicted octanol–water partition coefficient (Wildman–Crippen LogP) is 1.68.